The number of carbonyl (C=O) groups excluding carboxylic acids is 1. The Morgan fingerprint density at radius 3 is 2.50 bits per heavy atom. The maximum Gasteiger partial charge on any atom is 0.262 e. The van der Waals surface area contributed by atoms with Crippen molar-refractivity contribution in [2.24, 2.45) is 0 Å². The highest BCUT2D eigenvalue weighted by Crippen LogP contribution is 2.22. The highest BCUT2D eigenvalue weighted by molar-refractivity contribution is 5.91. The van der Waals surface area contributed by atoms with E-state index >= 15 is 0 Å². The molecule has 9 nitrogen and oxygen atoms in total. The van der Waals surface area contributed by atoms with Crippen molar-refractivity contribution in [1.29, 1.82) is 0 Å². The van der Waals surface area contributed by atoms with Crippen LogP contribution in [-0.2, 0) is 4.79 Å². The molecule has 4 aromatic rings. The van der Waals surface area contributed by atoms with Crippen LogP contribution in [-0.4, -0.2) is 39.4 Å². The number of nitrogens with one attached hydrogen (secondary N) is 1. The largest absolute Gasteiger partial charge is 0.497 e. The minimum Gasteiger partial charge on any atom is -0.497 e. The van der Waals surface area contributed by atoms with E-state index in [-0.39, 0.29) is 12.5 Å². The number of hydrogen-bond acceptors (Lipinski definition) is 7. The first-order valence-corrected chi connectivity index (χ1v) is 9.79. The van der Waals surface area contributed by atoms with Gasteiger partial charge in [-0.1, -0.05) is 6.07 Å². The van der Waals surface area contributed by atoms with Crippen LogP contribution in [0, 0.1) is 6.92 Å². The summed E-state index contributed by atoms with van der Waals surface area (Å²) in [5, 5.41) is 11.0. The van der Waals surface area contributed by atoms with E-state index < -0.39 is 0 Å². The molecule has 32 heavy (non-hydrogen) atoms. The first-order chi connectivity index (χ1) is 15.6. The second kappa shape index (κ2) is 9.61. The molecular weight excluding hydrogens is 410 g/mol. The van der Waals surface area contributed by atoms with Crippen molar-refractivity contribution in [3.63, 3.8) is 0 Å². The average molecular weight is 431 g/mol. The Bertz CT molecular complexity index is 1190. The number of hydrogen-bond donors (Lipinski definition) is 1. The van der Waals surface area contributed by atoms with Crippen molar-refractivity contribution >= 4 is 11.6 Å². The van der Waals surface area contributed by atoms with Crippen LogP contribution < -0.4 is 19.5 Å². The van der Waals surface area contributed by atoms with E-state index in [0.717, 1.165) is 5.82 Å². The van der Waals surface area contributed by atoms with Crippen LogP contribution in [0.3, 0.4) is 0 Å². The molecule has 0 aliphatic heterocycles. The van der Waals surface area contributed by atoms with E-state index in [1.54, 1.807) is 74.0 Å². The molecule has 0 radical (unpaired) electrons. The Hall–Kier alpha value is -4.40. The van der Waals surface area contributed by atoms with E-state index in [1.807, 2.05) is 17.7 Å². The van der Waals surface area contributed by atoms with Gasteiger partial charge in [0.1, 0.15) is 23.1 Å². The normalized spacial score (nSPS) is 10.4. The van der Waals surface area contributed by atoms with Gasteiger partial charge in [-0.05, 0) is 49.4 Å². The molecule has 0 bridgehead atoms. The lowest BCUT2D eigenvalue weighted by Crippen LogP contribution is -2.20. The van der Waals surface area contributed by atoms with Crippen LogP contribution in [0.4, 0.5) is 5.69 Å². The van der Waals surface area contributed by atoms with Gasteiger partial charge in [0.2, 0.25) is 5.88 Å². The predicted octanol–water partition coefficient (Wildman–Crippen LogP) is 3.79. The molecule has 1 amide bonds. The van der Waals surface area contributed by atoms with E-state index in [0.29, 0.717) is 34.6 Å². The molecule has 0 saturated carbocycles. The molecule has 0 saturated heterocycles. The third kappa shape index (κ3) is 5.20. The van der Waals surface area contributed by atoms with Crippen LogP contribution >= 0.6 is 0 Å². The molecule has 2 heterocycles. The molecule has 9 heteroatoms. The summed E-state index contributed by atoms with van der Waals surface area (Å²) >= 11 is 0. The van der Waals surface area contributed by atoms with Gasteiger partial charge >= 0.3 is 0 Å². The number of nitrogens with zero attached hydrogens (tertiary/aromatic N) is 4. The van der Waals surface area contributed by atoms with Crippen LogP contribution in [0.2, 0.25) is 0 Å². The Kier molecular flexibility index (Phi) is 6.26. The van der Waals surface area contributed by atoms with Gasteiger partial charge in [0.05, 0.1) is 7.11 Å². The van der Waals surface area contributed by atoms with Crippen molar-refractivity contribution in [2.75, 3.05) is 19.0 Å². The summed E-state index contributed by atoms with van der Waals surface area (Å²) < 4.78 is 18.2. The Balaban J connectivity index is 1.30. The van der Waals surface area contributed by atoms with Gasteiger partial charge in [0, 0.05) is 30.2 Å². The second-order valence-electron chi connectivity index (χ2n) is 6.72. The molecule has 0 fully saturated rings. The zero-order valence-electron chi connectivity index (χ0n) is 17.6. The van der Waals surface area contributed by atoms with Crippen molar-refractivity contribution in [2.45, 2.75) is 6.92 Å². The van der Waals surface area contributed by atoms with Crippen molar-refractivity contribution in [3.8, 4) is 28.9 Å². The molecule has 0 atom stereocenters. The maximum absolute atomic E-state index is 12.1. The van der Waals surface area contributed by atoms with E-state index in [4.69, 9.17) is 14.2 Å². The number of aryl methyl sites for hydroxylation is 1. The molecule has 4 rings (SSSR count). The third-order valence-electron chi connectivity index (χ3n) is 4.47. The number of anilines is 1. The Labute approximate surface area is 184 Å². The summed E-state index contributed by atoms with van der Waals surface area (Å²) in [4.78, 5) is 16.3. The molecule has 1 N–H and O–H groups in total. The lowest BCUT2D eigenvalue weighted by molar-refractivity contribution is -0.118. The lowest BCUT2D eigenvalue weighted by atomic mass is 10.3. The molecule has 0 aliphatic rings. The van der Waals surface area contributed by atoms with Gasteiger partial charge in [0.15, 0.2) is 12.4 Å². The predicted molar refractivity (Wildman–Crippen MR) is 118 cm³/mol. The smallest absolute Gasteiger partial charge is 0.262 e. The number of rotatable bonds is 8. The van der Waals surface area contributed by atoms with Crippen molar-refractivity contribution in [1.82, 2.24) is 19.7 Å². The van der Waals surface area contributed by atoms with Crippen LogP contribution in [0.5, 0.6) is 23.1 Å². The minimum absolute atomic E-state index is 0.121. The van der Waals surface area contributed by atoms with E-state index in [9.17, 15) is 4.79 Å². The van der Waals surface area contributed by atoms with Gasteiger partial charge in [-0.3, -0.25) is 9.36 Å². The summed E-state index contributed by atoms with van der Waals surface area (Å²) in [6.45, 7) is 1.76. The van der Waals surface area contributed by atoms with Crippen molar-refractivity contribution in [3.05, 3.63) is 78.9 Å². The lowest BCUT2D eigenvalue weighted by Gasteiger charge is -2.09. The maximum atomic E-state index is 12.1. The number of aromatic nitrogens is 4. The fraction of sp³-hybridized carbons (Fsp3) is 0.130. The number of amides is 1. The number of imidazole rings is 1. The average Bonchev–Trinajstić information content (AvgIpc) is 3.25. The summed E-state index contributed by atoms with van der Waals surface area (Å²) in [6.07, 6.45) is 3.52. The highest BCUT2D eigenvalue weighted by atomic mass is 16.5. The Morgan fingerprint density at radius 1 is 1.00 bits per heavy atom. The molecular formula is C23H21N5O4. The van der Waals surface area contributed by atoms with Crippen LogP contribution in [0.15, 0.2) is 73.1 Å². The molecule has 162 valence electrons. The number of methoxy groups -OCH3 is 1. The summed E-state index contributed by atoms with van der Waals surface area (Å²) in [6, 6.07) is 17.5. The number of carbonyl (C=O) groups is 1. The van der Waals surface area contributed by atoms with Gasteiger partial charge in [-0.15, -0.1) is 10.2 Å². The van der Waals surface area contributed by atoms with Crippen molar-refractivity contribution < 1.29 is 19.0 Å². The minimum atomic E-state index is -0.280. The fourth-order valence-corrected chi connectivity index (χ4v) is 2.88. The first-order valence-electron chi connectivity index (χ1n) is 9.79. The topological polar surface area (TPSA) is 100 Å². The number of ether oxygens (including phenoxy) is 3. The third-order valence-corrected chi connectivity index (χ3v) is 4.47. The SMILES string of the molecule is COc1cccc(OCC(=O)Nc2ccc(Oc3ccc(-n4ccnc4C)nn3)cc2)c1. The Morgan fingerprint density at radius 2 is 1.81 bits per heavy atom. The van der Waals surface area contributed by atoms with Crippen LogP contribution in [0.25, 0.3) is 5.82 Å². The molecule has 0 spiro atoms. The highest BCUT2D eigenvalue weighted by Gasteiger charge is 2.07. The summed E-state index contributed by atoms with van der Waals surface area (Å²) in [5.74, 6) is 3.33. The second-order valence-corrected chi connectivity index (χ2v) is 6.72. The summed E-state index contributed by atoms with van der Waals surface area (Å²) in [5.41, 5.74) is 0.619. The number of benzene rings is 2. The fourth-order valence-electron chi connectivity index (χ4n) is 2.88. The van der Waals surface area contributed by atoms with Gasteiger partial charge < -0.3 is 19.5 Å². The van der Waals surface area contributed by atoms with Crippen LogP contribution in [0.1, 0.15) is 5.82 Å². The monoisotopic (exact) mass is 431 g/mol. The molecule has 2 aromatic heterocycles. The van der Waals surface area contributed by atoms with Gasteiger partial charge in [-0.25, -0.2) is 4.98 Å². The van der Waals surface area contributed by atoms with E-state index in [1.165, 1.54) is 0 Å². The molecule has 2 aromatic carbocycles. The van der Waals surface area contributed by atoms with E-state index in [2.05, 4.69) is 20.5 Å². The zero-order valence-corrected chi connectivity index (χ0v) is 17.6. The molecule has 0 unspecified atom stereocenters. The van der Waals surface area contributed by atoms with Gasteiger partial charge in [-0.2, -0.15) is 0 Å². The standard InChI is InChI=1S/C23H21N5O4/c1-16-24-12-13-28(16)21-10-11-23(27-26-21)32-18-8-6-17(7-9-18)25-22(29)15-31-20-5-3-4-19(14-20)30-2/h3-14H,15H2,1-2H3,(H,25,29). The quantitative estimate of drug-likeness (QED) is 0.453. The van der Waals surface area contributed by atoms with Gasteiger partial charge in [0.25, 0.3) is 5.91 Å². The zero-order chi connectivity index (χ0) is 22.3. The first kappa shape index (κ1) is 20.9. The molecule has 0 aliphatic carbocycles. The summed E-state index contributed by atoms with van der Waals surface area (Å²) in [7, 11) is 1.57.